The fourth-order valence-electron chi connectivity index (χ4n) is 1.63. The Morgan fingerprint density at radius 2 is 2.12 bits per heavy atom. The Labute approximate surface area is 115 Å². The molecule has 1 aliphatic heterocycles. The van der Waals surface area contributed by atoms with Crippen molar-refractivity contribution >= 4 is 40.8 Å². The number of aromatic nitrogens is 2. The summed E-state index contributed by atoms with van der Waals surface area (Å²) in [5, 5.41) is 3.90. The Morgan fingerprint density at radius 3 is 2.88 bits per heavy atom. The van der Waals surface area contributed by atoms with Crippen LogP contribution in [0.2, 0.25) is 10.3 Å². The van der Waals surface area contributed by atoms with Crippen LogP contribution in [0.25, 0.3) is 0 Å². The quantitative estimate of drug-likeness (QED) is 0.862. The number of nitrogens with one attached hydrogen (secondary N) is 1. The molecular formula is C10H14Cl2N4S. The molecule has 0 aliphatic carbocycles. The third-order valence-corrected chi connectivity index (χ3v) is 3.94. The minimum absolute atomic E-state index is 0.214. The second kappa shape index (κ2) is 6.64. The highest BCUT2D eigenvalue weighted by atomic mass is 35.5. The number of nitrogens with zero attached hydrogens (tertiary/aromatic N) is 3. The molecule has 0 saturated carbocycles. The van der Waals surface area contributed by atoms with Crippen LogP contribution in [0.15, 0.2) is 6.20 Å². The summed E-state index contributed by atoms with van der Waals surface area (Å²) in [6, 6.07) is 0. The molecule has 94 valence electrons. The van der Waals surface area contributed by atoms with Crippen LogP contribution in [0.1, 0.15) is 0 Å². The van der Waals surface area contributed by atoms with E-state index in [1.54, 1.807) is 0 Å². The number of halogens is 2. The van der Waals surface area contributed by atoms with Gasteiger partial charge in [-0.05, 0) is 11.6 Å². The van der Waals surface area contributed by atoms with Gasteiger partial charge in [-0.25, -0.2) is 4.98 Å². The molecule has 17 heavy (non-hydrogen) atoms. The van der Waals surface area contributed by atoms with Crippen molar-refractivity contribution in [3.63, 3.8) is 0 Å². The van der Waals surface area contributed by atoms with Crippen LogP contribution < -0.4 is 5.32 Å². The molecule has 7 heteroatoms. The Hall–Kier alpha value is -0.230. The second-order valence-electron chi connectivity index (χ2n) is 3.72. The molecule has 0 atom stereocenters. The summed E-state index contributed by atoms with van der Waals surface area (Å²) in [7, 11) is 0. The summed E-state index contributed by atoms with van der Waals surface area (Å²) in [5.41, 5.74) is 0. The lowest BCUT2D eigenvalue weighted by atomic mass is 10.4. The van der Waals surface area contributed by atoms with Gasteiger partial charge in [-0.15, -0.1) is 0 Å². The molecule has 0 bridgehead atoms. The van der Waals surface area contributed by atoms with Gasteiger partial charge in [0, 0.05) is 37.7 Å². The maximum atomic E-state index is 5.95. The molecular weight excluding hydrogens is 279 g/mol. The van der Waals surface area contributed by atoms with Gasteiger partial charge in [0.05, 0.1) is 6.20 Å². The lowest BCUT2D eigenvalue weighted by Gasteiger charge is -2.26. The van der Waals surface area contributed by atoms with Crippen molar-refractivity contribution in [2.75, 3.05) is 43.0 Å². The normalized spacial score (nSPS) is 17.1. The lowest BCUT2D eigenvalue weighted by Crippen LogP contribution is -2.36. The lowest BCUT2D eigenvalue weighted by molar-refractivity contribution is 0.314. The van der Waals surface area contributed by atoms with Crippen LogP contribution in [-0.4, -0.2) is 52.6 Å². The van der Waals surface area contributed by atoms with Crippen LogP contribution in [0.4, 0.5) is 5.82 Å². The predicted molar refractivity (Wildman–Crippen MR) is 74.3 cm³/mol. The first-order valence-electron chi connectivity index (χ1n) is 5.48. The van der Waals surface area contributed by atoms with Gasteiger partial charge in [-0.3, -0.25) is 4.90 Å². The minimum atomic E-state index is 0.214. The van der Waals surface area contributed by atoms with E-state index in [9.17, 15) is 0 Å². The highest BCUT2D eigenvalue weighted by Crippen LogP contribution is 2.19. The third kappa shape index (κ3) is 4.17. The maximum Gasteiger partial charge on any atom is 0.224 e. The summed E-state index contributed by atoms with van der Waals surface area (Å²) in [4.78, 5) is 10.3. The molecule has 0 amide bonds. The van der Waals surface area contributed by atoms with E-state index in [4.69, 9.17) is 23.2 Å². The zero-order valence-electron chi connectivity index (χ0n) is 9.33. The van der Waals surface area contributed by atoms with E-state index < -0.39 is 0 Å². The molecule has 0 aromatic carbocycles. The van der Waals surface area contributed by atoms with Crippen molar-refractivity contribution < 1.29 is 0 Å². The highest BCUT2D eigenvalue weighted by Gasteiger charge is 2.10. The molecule has 1 aromatic rings. The molecule has 4 nitrogen and oxygen atoms in total. The molecule has 1 aromatic heterocycles. The molecule has 0 unspecified atom stereocenters. The number of hydrogen-bond donors (Lipinski definition) is 1. The summed E-state index contributed by atoms with van der Waals surface area (Å²) in [6.45, 7) is 4.13. The van der Waals surface area contributed by atoms with E-state index in [1.165, 1.54) is 17.7 Å². The summed E-state index contributed by atoms with van der Waals surface area (Å²) in [6.07, 6.45) is 1.51. The standard InChI is InChI=1S/C10H14Cl2N4S/c11-8-7-14-10(12)15-9(8)13-1-2-16-3-5-17-6-4-16/h7H,1-6H2,(H,13,14,15). The van der Waals surface area contributed by atoms with Gasteiger partial charge in [-0.1, -0.05) is 11.6 Å². The fourth-order valence-corrected chi connectivity index (χ4v) is 2.90. The third-order valence-electron chi connectivity index (χ3n) is 2.54. The summed E-state index contributed by atoms with van der Waals surface area (Å²) >= 11 is 13.7. The number of rotatable bonds is 4. The molecule has 1 aliphatic rings. The Bertz CT molecular complexity index is 371. The number of anilines is 1. The smallest absolute Gasteiger partial charge is 0.224 e. The van der Waals surface area contributed by atoms with E-state index >= 15 is 0 Å². The first-order valence-corrected chi connectivity index (χ1v) is 7.39. The summed E-state index contributed by atoms with van der Waals surface area (Å²) < 4.78 is 0. The van der Waals surface area contributed by atoms with E-state index in [1.807, 2.05) is 11.8 Å². The van der Waals surface area contributed by atoms with Crippen LogP contribution in [0.5, 0.6) is 0 Å². The molecule has 1 fully saturated rings. The maximum absolute atomic E-state index is 5.95. The van der Waals surface area contributed by atoms with Gasteiger partial charge in [0.25, 0.3) is 0 Å². The molecule has 1 N–H and O–H groups in total. The predicted octanol–water partition coefficient (Wildman–Crippen LogP) is 2.24. The van der Waals surface area contributed by atoms with Gasteiger partial charge in [0.15, 0.2) is 0 Å². The van der Waals surface area contributed by atoms with Crippen molar-refractivity contribution in [2.45, 2.75) is 0 Å². The Morgan fingerprint density at radius 1 is 1.35 bits per heavy atom. The monoisotopic (exact) mass is 292 g/mol. The first-order chi connectivity index (χ1) is 8.25. The van der Waals surface area contributed by atoms with Crippen molar-refractivity contribution in [1.29, 1.82) is 0 Å². The van der Waals surface area contributed by atoms with Crippen molar-refractivity contribution in [1.82, 2.24) is 14.9 Å². The van der Waals surface area contributed by atoms with Crippen LogP contribution in [-0.2, 0) is 0 Å². The first kappa shape index (κ1) is 13.2. The molecule has 0 radical (unpaired) electrons. The van der Waals surface area contributed by atoms with Gasteiger partial charge in [-0.2, -0.15) is 16.7 Å². The molecule has 0 spiro atoms. The zero-order valence-corrected chi connectivity index (χ0v) is 11.7. The largest absolute Gasteiger partial charge is 0.367 e. The van der Waals surface area contributed by atoms with Gasteiger partial charge in [0.2, 0.25) is 5.28 Å². The topological polar surface area (TPSA) is 41.1 Å². The Kier molecular flexibility index (Phi) is 5.16. The Balaban J connectivity index is 1.79. The van der Waals surface area contributed by atoms with Crippen LogP contribution >= 0.6 is 35.0 Å². The molecule has 1 saturated heterocycles. The van der Waals surface area contributed by atoms with Gasteiger partial charge < -0.3 is 5.32 Å². The van der Waals surface area contributed by atoms with Crippen molar-refractivity contribution in [2.24, 2.45) is 0 Å². The van der Waals surface area contributed by atoms with Crippen molar-refractivity contribution in [3.8, 4) is 0 Å². The average molecular weight is 293 g/mol. The van der Waals surface area contributed by atoms with E-state index in [-0.39, 0.29) is 5.28 Å². The minimum Gasteiger partial charge on any atom is -0.367 e. The van der Waals surface area contributed by atoms with Crippen molar-refractivity contribution in [3.05, 3.63) is 16.5 Å². The summed E-state index contributed by atoms with van der Waals surface area (Å²) in [5.74, 6) is 3.05. The fraction of sp³-hybridized carbons (Fsp3) is 0.600. The number of hydrogen-bond acceptors (Lipinski definition) is 5. The number of thioether (sulfide) groups is 1. The van der Waals surface area contributed by atoms with E-state index in [0.717, 1.165) is 26.2 Å². The molecule has 2 heterocycles. The van der Waals surface area contributed by atoms with E-state index in [0.29, 0.717) is 10.8 Å². The molecule has 2 rings (SSSR count). The van der Waals surface area contributed by atoms with Crippen LogP contribution in [0.3, 0.4) is 0 Å². The highest BCUT2D eigenvalue weighted by molar-refractivity contribution is 7.99. The zero-order chi connectivity index (χ0) is 12.1. The van der Waals surface area contributed by atoms with Crippen LogP contribution in [0, 0.1) is 0 Å². The van der Waals surface area contributed by atoms with E-state index in [2.05, 4.69) is 20.2 Å². The average Bonchev–Trinajstić information content (AvgIpc) is 2.35. The second-order valence-corrected chi connectivity index (χ2v) is 5.69. The van der Waals surface area contributed by atoms with Gasteiger partial charge in [0.1, 0.15) is 10.8 Å². The SMILES string of the molecule is Clc1ncc(Cl)c(NCCN2CCSCC2)n1. The van der Waals surface area contributed by atoms with Gasteiger partial charge >= 0.3 is 0 Å².